The normalized spacial score (nSPS) is 12.8. The summed E-state index contributed by atoms with van der Waals surface area (Å²) in [5.41, 5.74) is 4.62. The van der Waals surface area contributed by atoms with Gasteiger partial charge in [-0.2, -0.15) is 0 Å². The topological polar surface area (TPSA) is 44.2 Å². The summed E-state index contributed by atoms with van der Waals surface area (Å²) in [5.74, 6) is 0. The Bertz CT molecular complexity index is 1660. The van der Waals surface area contributed by atoms with E-state index in [-0.39, 0.29) is 11.6 Å². The molecule has 36 heavy (non-hydrogen) atoms. The van der Waals surface area contributed by atoms with Gasteiger partial charge < -0.3 is 4.57 Å². The van der Waals surface area contributed by atoms with Gasteiger partial charge in [0.2, 0.25) is 0 Å². The van der Waals surface area contributed by atoms with Crippen molar-refractivity contribution in [2.75, 3.05) is 0 Å². The van der Waals surface area contributed by atoms with E-state index in [1.54, 1.807) is 16.8 Å². The van der Waals surface area contributed by atoms with E-state index in [4.69, 9.17) is 28.2 Å². The number of para-hydroxylation sites is 1. The number of benzene rings is 3. The van der Waals surface area contributed by atoms with Gasteiger partial charge in [0, 0.05) is 23.0 Å². The lowest BCUT2D eigenvalue weighted by molar-refractivity contribution is 0.628. The third kappa shape index (κ3) is 4.37. The summed E-state index contributed by atoms with van der Waals surface area (Å²) < 4.78 is 5.60. The second-order valence-electron chi connectivity index (χ2n) is 8.51. The lowest BCUT2D eigenvalue weighted by Gasteiger charge is -2.18. The zero-order valence-corrected chi connectivity index (χ0v) is 22.3. The van der Waals surface area contributed by atoms with E-state index in [0.29, 0.717) is 20.5 Å². The lowest BCUT2D eigenvalue weighted by atomic mass is 10.1. The highest BCUT2D eigenvalue weighted by Gasteiger charge is 2.20. The molecule has 0 saturated heterocycles. The Kier molecular flexibility index (Phi) is 6.75. The van der Waals surface area contributed by atoms with E-state index in [0.717, 1.165) is 28.2 Å². The number of halogens is 2. The summed E-state index contributed by atoms with van der Waals surface area (Å²) >= 11 is 14.4. The third-order valence-electron chi connectivity index (χ3n) is 6.35. The first-order valence-electron chi connectivity index (χ1n) is 11.5. The Labute approximate surface area is 223 Å². The Hall–Kier alpha value is -3.32. The number of nitrogens with zero attached hydrogens (tertiary/aromatic N) is 4. The minimum absolute atomic E-state index is 0.0679. The molecule has 2 aromatic heterocycles. The van der Waals surface area contributed by atoms with E-state index < -0.39 is 0 Å². The van der Waals surface area contributed by atoms with Crippen LogP contribution in [0.4, 0.5) is 5.69 Å². The van der Waals surface area contributed by atoms with E-state index in [1.807, 2.05) is 78.6 Å². The Morgan fingerprint density at radius 1 is 0.944 bits per heavy atom. The summed E-state index contributed by atoms with van der Waals surface area (Å²) in [4.78, 5) is 19.2. The average molecular weight is 536 g/mol. The molecule has 5 nitrogen and oxygen atoms in total. The zero-order valence-electron chi connectivity index (χ0n) is 20.0. The molecule has 0 N–H and O–H groups in total. The fraction of sp³-hybridized carbons (Fsp3) is 0.143. The van der Waals surface area contributed by atoms with Crippen LogP contribution in [0.2, 0.25) is 10.0 Å². The van der Waals surface area contributed by atoms with Crippen molar-refractivity contribution in [1.82, 2.24) is 13.9 Å². The fourth-order valence-corrected chi connectivity index (χ4v) is 5.68. The molecule has 3 aromatic carbocycles. The largest absolute Gasteiger partial charge is 0.309 e. The highest BCUT2D eigenvalue weighted by atomic mass is 35.5. The van der Waals surface area contributed by atoms with Crippen LogP contribution in [0.5, 0.6) is 0 Å². The standard InChI is InChI=1S/C28H24Cl2N4OS/c1-18(20-10-6-4-7-11-20)33-25(23-16-21(29)14-15-24(23)30)17-36-28(33)31-26-19(2)32(3)34(27(26)35)22-12-8-5-9-13-22/h4-18H,1-3H3. The van der Waals surface area contributed by atoms with Crippen LogP contribution >= 0.6 is 34.5 Å². The van der Waals surface area contributed by atoms with Crippen LogP contribution in [-0.2, 0) is 7.05 Å². The van der Waals surface area contributed by atoms with Gasteiger partial charge in [0.15, 0.2) is 10.5 Å². The molecule has 5 rings (SSSR count). The molecular weight excluding hydrogens is 511 g/mol. The maximum absolute atomic E-state index is 13.5. The van der Waals surface area contributed by atoms with Crippen LogP contribution in [0.25, 0.3) is 16.9 Å². The van der Waals surface area contributed by atoms with Gasteiger partial charge in [-0.05, 0) is 49.7 Å². The molecule has 182 valence electrons. The van der Waals surface area contributed by atoms with Gasteiger partial charge in [0.1, 0.15) is 0 Å². The lowest BCUT2D eigenvalue weighted by Crippen LogP contribution is -2.22. The zero-order chi connectivity index (χ0) is 25.4. The molecule has 0 aliphatic rings. The molecule has 0 radical (unpaired) electrons. The van der Waals surface area contributed by atoms with Crippen LogP contribution in [-0.4, -0.2) is 13.9 Å². The highest BCUT2D eigenvalue weighted by Crippen LogP contribution is 2.34. The molecule has 0 fully saturated rings. The fourth-order valence-electron chi connectivity index (χ4n) is 4.33. The van der Waals surface area contributed by atoms with Crippen molar-refractivity contribution in [3.8, 4) is 16.9 Å². The average Bonchev–Trinajstić information content (AvgIpc) is 3.40. The van der Waals surface area contributed by atoms with Gasteiger partial charge in [-0.1, -0.05) is 71.7 Å². The van der Waals surface area contributed by atoms with Gasteiger partial charge in [0.05, 0.1) is 28.1 Å². The van der Waals surface area contributed by atoms with Crippen LogP contribution < -0.4 is 10.4 Å². The summed E-state index contributed by atoms with van der Waals surface area (Å²) in [7, 11) is 1.87. The molecule has 8 heteroatoms. The molecule has 5 aromatic rings. The highest BCUT2D eigenvalue weighted by molar-refractivity contribution is 7.07. The van der Waals surface area contributed by atoms with E-state index in [9.17, 15) is 4.79 Å². The van der Waals surface area contributed by atoms with Gasteiger partial charge in [-0.25, -0.2) is 9.67 Å². The van der Waals surface area contributed by atoms with Crippen molar-refractivity contribution in [3.05, 3.63) is 121 Å². The summed E-state index contributed by atoms with van der Waals surface area (Å²) in [6.07, 6.45) is 0. The van der Waals surface area contributed by atoms with E-state index in [2.05, 4.69) is 23.6 Å². The van der Waals surface area contributed by atoms with Crippen molar-refractivity contribution in [1.29, 1.82) is 0 Å². The molecule has 0 saturated carbocycles. The Morgan fingerprint density at radius 2 is 1.61 bits per heavy atom. The Morgan fingerprint density at radius 3 is 2.31 bits per heavy atom. The molecule has 0 spiro atoms. The minimum Gasteiger partial charge on any atom is -0.309 e. The van der Waals surface area contributed by atoms with Gasteiger partial charge >= 0.3 is 0 Å². The maximum Gasteiger partial charge on any atom is 0.297 e. The number of thiazole rings is 1. The van der Waals surface area contributed by atoms with Crippen molar-refractivity contribution >= 4 is 40.2 Å². The van der Waals surface area contributed by atoms with Gasteiger partial charge in [-0.3, -0.25) is 9.48 Å². The predicted molar refractivity (Wildman–Crippen MR) is 149 cm³/mol. The quantitative estimate of drug-likeness (QED) is 0.236. The van der Waals surface area contributed by atoms with E-state index in [1.165, 1.54) is 11.3 Å². The molecule has 1 unspecified atom stereocenters. The first kappa shape index (κ1) is 24.4. The minimum atomic E-state index is -0.171. The summed E-state index contributed by atoms with van der Waals surface area (Å²) in [6, 6.07) is 25.1. The summed E-state index contributed by atoms with van der Waals surface area (Å²) in [5, 5.41) is 3.21. The van der Waals surface area contributed by atoms with Crippen LogP contribution in [0.1, 0.15) is 24.2 Å². The summed E-state index contributed by atoms with van der Waals surface area (Å²) in [6.45, 7) is 4.02. The maximum atomic E-state index is 13.5. The molecular formula is C28H24Cl2N4OS. The molecule has 2 heterocycles. The van der Waals surface area contributed by atoms with Crippen LogP contribution in [0, 0.1) is 6.92 Å². The van der Waals surface area contributed by atoms with Gasteiger partial charge in [-0.15, -0.1) is 11.3 Å². The SMILES string of the molecule is Cc1c(N=c2scc(-c3cc(Cl)ccc3Cl)n2C(C)c2ccccc2)c(=O)n(-c2ccccc2)n1C. The second kappa shape index (κ2) is 9.97. The molecule has 0 aliphatic carbocycles. The monoisotopic (exact) mass is 534 g/mol. The number of hydrogen-bond acceptors (Lipinski definition) is 3. The first-order valence-corrected chi connectivity index (χ1v) is 13.1. The van der Waals surface area contributed by atoms with Crippen molar-refractivity contribution < 1.29 is 0 Å². The number of aromatic nitrogens is 3. The van der Waals surface area contributed by atoms with Crippen molar-refractivity contribution in [2.45, 2.75) is 19.9 Å². The first-order chi connectivity index (χ1) is 17.4. The Balaban J connectivity index is 1.77. The predicted octanol–water partition coefficient (Wildman–Crippen LogP) is 7.16. The van der Waals surface area contributed by atoms with Crippen LogP contribution in [0.3, 0.4) is 0 Å². The van der Waals surface area contributed by atoms with Gasteiger partial charge in [0.25, 0.3) is 5.56 Å². The molecule has 1 atom stereocenters. The van der Waals surface area contributed by atoms with Crippen LogP contribution in [0.15, 0.2) is 94.0 Å². The molecule has 0 bridgehead atoms. The number of rotatable bonds is 5. The molecule has 0 amide bonds. The molecule has 0 aliphatic heterocycles. The van der Waals surface area contributed by atoms with E-state index >= 15 is 0 Å². The third-order valence-corrected chi connectivity index (χ3v) is 7.75. The second-order valence-corrected chi connectivity index (χ2v) is 10.2. The van der Waals surface area contributed by atoms with Crippen molar-refractivity contribution in [3.63, 3.8) is 0 Å². The smallest absolute Gasteiger partial charge is 0.297 e. The van der Waals surface area contributed by atoms with Crippen molar-refractivity contribution in [2.24, 2.45) is 12.0 Å². The number of hydrogen-bond donors (Lipinski definition) is 0.